The molecule has 9 aromatic carbocycles. The van der Waals surface area contributed by atoms with Gasteiger partial charge in [0.15, 0.2) is 0 Å². The molecule has 292 valence electrons. The minimum Gasteiger partial charge on any atom is -0.310 e. The van der Waals surface area contributed by atoms with E-state index in [9.17, 15) is 0 Å². The van der Waals surface area contributed by atoms with E-state index in [0.29, 0.717) is 0 Å². The maximum Gasteiger partial charge on any atom is 0.0548 e. The largest absolute Gasteiger partial charge is 0.310 e. The van der Waals surface area contributed by atoms with Crippen LogP contribution in [-0.2, 0) is 12.8 Å². The Balaban J connectivity index is 1.05. The molecule has 2 aromatic heterocycles. The number of benzene rings is 9. The van der Waals surface area contributed by atoms with E-state index in [1.807, 2.05) is 0 Å². The number of hydrogen-bond acceptors (Lipinski definition) is 1. The molecule has 0 aliphatic carbocycles. The molecule has 0 bridgehead atoms. The first kappa shape index (κ1) is 36.5. The van der Waals surface area contributed by atoms with Gasteiger partial charge in [-0.2, -0.15) is 0 Å². The Kier molecular flexibility index (Phi) is 9.08. The van der Waals surface area contributed by atoms with Gasteiger partial charge in [0, 0.05) is 50.0 Å². The molecule has 11 rings (SSSR count). The first-order valence-corrected chi connectivity index (χ1v) is 21.5. The molecule has 11 aromatic rings. The van der Waals surface area contributed by atoms with Gasteiger partial charge in [-0.15, -0.1) is 0 Å². The lowest BCUT2D eigenvalue weighted by molar-refractivity contribution is 1.11. The van der Waals surface area contributed by atoms with Crippen LogP contribution in [-0.4, -0.2) is 9.13 Å². The van der Waals surface area contributed by atoms with E-state index in [4.69, 9.17) is 0 Å². The molecule has 0 aliphatic heterocycles. The third kappa shape index (κ3) is 6.20. The van der Waals surface area contributed by atoms with Crippen molar-refractivity contribution in [3.63, 3.8) is 0 Å². The monoisotopic (exact) mass is 783 g/mol. The molecule has 2 heterocycles. The maximum absolute atomic E-state index is 2.43. The molecule has 0 N–H and O–H groups in total. The highest BCUT2D eigenvalue weighted by Crippen LogP contribution is 2.42. The molecule has 0 amide bonds. The summed E-state index contributed by atoms with van der Waals surface area (Å²) in [5, 5.41) is 4.96. The number of para-hydroxylation sites is 4. The third-order valence-corrected chi connectivity index (χ3v) is 12.5. The summed E-state index contributed by atoms with van der Waals surface area (Å²) in [5.74, 6) is 0. The number of aromatic nitrogens is 2. The predicted molar refractivity (Wildman–Crippen MR) is 259 cm³/mol. The number of hydrogen-bond donors (Lipinski definition) is 0. The summed E-state index contributed by atoms with van der Waals surface area (Å²) in [6.45, 7) is 4.50. The predicted octanol–water partition coefficient (Wildman–Crippen LogP) is 15.8. The van der Waals surface area contributed by atoms with Crippen molar-refractivity contribution in [1.29, 1.82) is 0 Å². The van der Waals surface area contributed by atoms with Crippen molar-refractivity contribution in [3.05, 3.63) is 223 Å². The van der Waals surface area contributed by atoms with Crippen LogP contribution in [0.15, 0.2) is 212 Å². The summed E-state index contributed by atoms with van der Waals surface area (Å²) in [6, 6.07) is 77.7. The Bertz CT molecular complexity index is 3360. The van der Waals surface area contributed by atoms with Crippen molar-refractivity contribution in [2.75, 3.05) is 4.90 Å². The highest BCUT2D eigenvalue weighted by molar-refractivity contribution is 6.19. The number of aryl methyl sites for hydroxylation is 2. The first-order valence-electron chi connectivity index (χ1n) is 21.5. The van der Waals surface area contributed by atoms with Crippen molar-refractivity contribution in [2.45, 2.75) is 26.7 Å². The minimum absolute atomic E-state index is 0.950. The smallest absolute Gasteiger partial charge is 0.0548 e. The number of fused-ring (bicyclic) bond motifs is 6. The summed E-state index contributed by atoms with van der Waals surface area (Å²) >= 11 is 0. The van der Waals surface area contributed by atoms with Crippen LogP contribution in [0.4, 0.5) is 17.1 Å². The van der Waals surface area contributed by atoms with E-state index in [-0.39, 0.29) is 0 Å². The second-order valence-electron chi connectivity index (χ2n) is 15.9. The van der Waals surface area contributed by atoms with Gasteiger partial charge in [-0.3, -0.25) is 0 Å². The summed E-state index contributed by atoms with van der Waals surface area (Å²) in [5.41, 5.74) is 18.3. The Morgan fingerprint density at radius 3 is 1.49 bits per heavy atom. The Labute approximate surface area is 357 Å². The quantitative estimate of drug-likeness (QED) is 0.142. The van der Waals surface area contributed by atoms with Gasteiger partial charge >= 0.3 is 0 Å². The fraction of sp³-hybridized carbons (Fsp3) is 0.0690. The van der Waals surface area contributed by atoms with Gasteiger partial charge in [0.05, 0.1) is 22.1 Å². The van der Waals surface area contributed by atoms with Crippen LogP contribution in [0.5, 0.6) is 0 Å². The lowest BCUT2D eigenvalue weighted by Gasteiger charge is -2.27. The fourth-order valence-electron chi connectivity index (χ4n) is 9.56. The van der Waals surface area contributed by atoms with Gasteiger partial charge in [0.1, 0.15) is 0 Å². The third-order valence-electron chi connectivity index (χ3n) is 12.5. The average molecular weight is 784 g/mol. The van der Waals surface area contributed by atoms with Crippen LogP contribution in [0.1, 0.15) is 25.0 Å². The maximum atomic E-state index is 2.43. The molecule has 0 aliphatic rings. The van der Waals surface area contributed by atoms with E-state index >= 15 is 0 Å². The molecule has 0 fully saturated rings. The Morgan fingerprint density at radius 2 is 0.820 bits per heavy atom. The van der Waals surface area contributed by atoms with Crippen molar-refractivity contribution >= 4 is 60.7 Å². The molecule has 0 unspecified atom stereocenters. The minimum atomic E-state index is 0.950. The molecule has 3 nitrogen and oxygen atoms in total. The highest BCUT2D eigenvalue weighted by Gasteiger charge is 2.20. The number of anilines is 3. The van der Waals surface area contributed by atoms with E-state index < -0.39 is 0 Å². The van der Waals surface area contributed by atoms with Crippen LogP contribution in [0.25, 0.3) is 77.2 Å². The zero-order valence-electron chi connectivity index (χ0n) is 34.5. The van der Waals surface area contributed by atoms with E-state index in [1.165, 1.54) is 77.0 Å². The first-order chi connectivity index (χ1) is 30.2. The second kappa shape index (κ2) is 15.2. The standard InChI is InChI=1S/C58H45N3/c1-3-40-18-14-15-25-49(40)50-34-33-48(36-41(50)4-2)59(44-19-8-5-9-20-44)47-31-28-42(29-32-47)43-30-35-56-52(37-43)54-39-57-53(38-58(54)61(56)46-23-12-7-13-24-46)51-26-16-17-27-55(51)60(57)45-21-10-6-11-22-45/h5-39H,3-4H2,1-2H3. The molecule has 0 saturated carbocycles. The zero-order valence-corrected chi connectivity index (χ0v) is 34.5. The van der Waals surface area contributed by atoms with Crippen molar-refractivity contribution in [1.82, 2.24) is 9.13 Å². The van der Waals surface area contributed by atoms with Gasteiger partial charge < -0.3 is 14.0 Å². The zero-order chi connectivity index (χ0) is 40.9. The summed E-state index contributed by atoms with van der Waals surface area (Å²) < 4.78 is 4.85. The highest BCUT2D eigenvalue weighted by atomic mass is 15.1. The van der Waals surface area contributed by atoms with Crippen LogP contribution < -0.4 is 4.90 Å². The molecule has 61 heavy (non-hydrogen) atoms. The number of nitrogens with zero attached hydrogens (tertiary/aromatic N) is 3. The van der Waals surface area contributed by atoms with Crippen molar-refractivity contribution < 1.29 is 0 Å². The summed E-state index contributed by atoms with van der Waals surface area (Å²) in [7, 11) is 0. The van der Waals surface area contributed by atoms with E-state index in [0.717, 1.165) is 41.3 Å². The van der Waals surface area contributed by atoms with Crippen LogP contribution >= 0.6 is 0 Å². The van der Waals surface area contributed by atoms with Crippen LogP contribution in [0, 0.1) is 0 Å². The van der Waals surface area contributed by atoms with E-state index in [1.54, 1.807) is 0 Å². The molecule has 0 atom stereocenters. The van der Waals surface area contributed by atoms with Crippen molar-refractivity contribution in [2.24, 2.45) is 0 Å². The lowest BCUT2D eigenvalue weighted by Crippen LogP contribution is -2.10. The fourth-order valence-corrected chi connectivity index (χ4v) is 9.56. The molecule has 0 spiro atoms. The Morgan fingerprint density at radius 1 is 0.328 bits per heavy atom. The summed E-state index contributed by atoms with van der Waals surface area (Å²) in [6.07, 6.45) is 1.96. The topological polar surface area (TPSA) is 13.1 Å². The van der Waals surface area contributed by atoms with Gasteiger partial charge in [-0.1, -0.05) is 135 Å². The van der Waals surface area contributed by atoms with E-state index in [2.05, 4.69) is 240 Å². The number of rotatable bonds is 9. The molecule has 0 saturated heterocycles. The van der Waals surface area contributed by atoms with Gasteiger partial charge in [0.2, 0.25) is 0 Å². The Hall–Kier alpha value is -7.62. The van der Waals surface area contributed by atoms with Crippen molar-refractivity contribution in [3.8, 4) is 33.6 Å². The molecular formula is C58H45N3. The van der Waals surface area contributed by atoms with Crippen LogP contribution in [0.3, 0.4) is 0 Å². The average Bonchev–Trinajstić information content (AvgIpc) is 3.83. The van der Waals surface area contributed by atoms with Gasteiger partial charge in [-0.05, 0) is 137 Å². The summed E-state index contributed by atoms with van der Waals surface area (Å²) in [4.78, 5) is 2.38. The van der Waals surface area contributed by atoms with Gasteiger partial charge in [0.25, 0.3) is 0 Å². The molecule has 3 heteroatoms. The lowest BCUT2D eigenvalue weighted by atomic mass is 9.92. The van der Waals surface area contributed by atoms with Crippen LogP contribution in [0.2, 0.25) is 0 Å². The normalized spacial score (nSPS) is 11.6. The second-order valence-corrected chi connectivity index (χ2v) is 15.9. The molecular weight excluding hydrogens is 739 g/mol. The SMILES string of the molecule is CCc1ccccc1-c1ccc(N(c2ccccc2)c2ccc(-c3ccc4c(c3)c3cc5c(cc3n4-c3ccccc3)c3ccccc3n5-c3ccccc3)cc2)cc1CC. The van der Waals surface area contributed by atoms with Gasteiger partial charge in [-0.25, -0.2) is 0 Å². The molecule has 0 radical (unpaired) electrons.